The average Bonchev–Trinajstić information content (AvgIpc) is 2.65. The zero-order valence-electron chi connectivity index (χ0n) is 16.5. The lowest BCUT2D eigenvalue weighted by molar-refractivity contribution is 0.410. The molecule has 1 aliphatic rings. The van der Waals surface area contributed by atoms with Gasteiger partial charge in [0.25, 0.3) is 0 Å². The molecule has 0 saturated heterocycles. The Morgan fingerprint density at radius 1 is 1.27 bits per heavy atom. The quantitative estimate of drug-likeness (QED) is 0.362. The largest absolute Gasteiger partial charge is 0.356 e. The Morgan fingerprint density at radius 3 is 2.58 bits per heavy atom. The molecule has 2 rings (SSSR count). The number of rotatable bonds is 6. The predicted molar refractivity (Wildman–Crippen MR) is 124 cm³/mol. The Kier molecular flexibility index (Phi) is 10.1. The summed E-state index contributed by atoms with van der Waals surface area (Å²) in [7, 11) is 1.12. The van der Waals surface area contributed by atoms with Gasteiger partial charge in [0, 0.05) is 46.9 Å². The molecule has 1 fully saturated rings. The van der Waals surface area contributed by atoms with Crippen molar-refractivity contribution >= 4 is 40.7 Å². The Balaban J connectivity index is 0.00000338. The van der Waals surface area contributed by atoms with Gasteiger partial charge in [-0.3, -0.25) is 9.20 Å². The molecule has 3 atom stereocenters. The van der Waals surface area contributed by atoms with Crippen LogP contribution in [0.15, 0.2) is 35.3 Å². The highest BCUT2D eigenvalue weighted by atomic mass is 127. The molecule has 0 amide bonds. The van der Waals surface area contributed by atoms with Crippen molar-refractivity contribution in [1.29, 1.82) is 0 Å². The highest BCUT2D eigenvalue weighted by Gasteiger charge is 2.26. The molecular weight excluding hydrogens is 457 g/mol. The summed E-state index contributed by atoms with van der Waals surface area (Å²) in [5.74, 6) is 1.60. The molecule has 0 spiro atoms. The van der Waals surface area contributed by atoms with Crippen LogP contribution in [0.3, 0.4) is 0 Å². The van der Waals surface area contributed by atoms with Crippen molar-refractivity contribution in [2.45, 2.75) is 63.2 Å². The number of benzene rings is 1. The van der Waals surface area contributed by atoms with Gasteiger partial charge in [0.15, 0.2) is 5.96 Å². The van der Waals surface area contributed by atoms with Crippen LogP contribution in [0.4, 0.5) is 0 Å². The smallest absolute Gasteiger partial charge is 0.191 e. The van der Waals surface area contributed by atoms with Crippen molar-refractivity contribution in [3.8, 4) is 0 Å². The second kappa shape index (κ2) is 11.3. The van der Waals surface area contributed by atoms with Gasteiger partial charge in [0.05, 0.1) is 0 Å². The van der Waals surface area contributed by atoms with Crippen LogP contribution in [-0.4, -0.2) is 40.8 Å². The van der Waals surface area contributed by atoms with Gasteiger partial charge in [0.1, 0.15) is 0 Å². The van der Waals surface area contributed by atoms with Crippen LogP contribution in [0.5, 0.6) is 0 Å². The van der Waals surface area contributed by atoms with E-state index in [0.717, 1.165) is 43.9 Å². The van der Waals surface area contributed by atoms with Crippen LogP contribution < -0.4 is 10.6 Å². The number of aliphatic imine (C=N–C) groups is 1. The Bertz CT molecular complexity index is 592. The maximum absolute atomic E-state index is 12.1. The van der Waals surface area contributed by atoms with Gasteiger partial charge >= 0.3 is 0 Å². The third kappa shape index (κ3) is 6.83. The first-order valence-corrected chi connectivity index (χ1v) is 10.7. The average molecular weight is 491 g/mol. The predicted octanol–water partition coefficient (Wildman–Crippen LogP) is 3.83. The van der Waals surface area contributed by atoms with E-state index < -0.39 is 10.8 Å². The zero-order chi connectivity index (χ0) is 18.3. The third-order valence-electron chi connectivity index (χ3n) is 5.10. The van der Waals surface area contributed by atoms with Crippen molar-refractivity contribution in [1.82, 2.24) is 10.6 Å². The van der Waals surface area contributed by atoms with Gasteiger partial charge in [0.2, 0.25) is 0 Å². The van der Waals surface area contributed by atoms with E-state index in [1.54, 1.807) is 0 Å². The number of hydrogen-bond donors (Lipinski definition) is 2. The minimum Gasteiger partial charge on any atom is -0.356 e. The van der Waals surface area contributed by atoms with Crippen LogP contribution in [0.2, 0.25) is 0 Å². The van der Waals surface area contributed by atoms with Gasteiger partial charge in [-0.25, -0.2) is 0 Å². The maximum Gasteiger partial charge on any atom is 0.191 e. The third-order valence-corrected chi connectivity index (χ3v) is 6.84. The molecule has 6 heteroatoms. The zero-order valence-corrected chi connectivity index (χ0v) is 19.6. The van der Waals surface area contributed by atoms with E-state index in [9.17, 15) is 4.21 Å². The summed E-state index contributed by atoms with van der Waals surface area (Å²) >= 11 is 0. The summed E-state index contributed by atoms with van der Waals surface area (Å²) in [4.78, 5) is 4.39. The van der Waals surface area contributed by atoms with Crippen molar-refractivity contribution in [2.75, 3.05) is 19.3 Å². The lowest BCUT2D eigenvalue weighted by atomic mass is 9.85. The summed E-state index contributed by atoms with van der Waals surface area (Å²) < 4.78 is 12.1. The number of halogens is 1. The second-order valence-electron chi connectivity index (χ2n) is 7.47. The summed E-state index contributed by atoms with van der Waals surface area (Å²) in [6, 6.07) is 10.9. The van der Waals surface area contributed by atoms with Crippen molar-refractivity contribution < 1.29 is 4.21 Å². The van der Waals surface area contributed by atoms with Gasteiger partial charge in [-0.2, -0.15) is 0 Å². The fourth-order valence-electron chi connectivity index (χ4n) is 3.43. The number of nitrogens with zero attached hydrogens (tertiary/aromatic N) is 1. The van der Waals surface area contributed by atoms with E-state index in [-0.39, 0.29) is 29.4 Å². The van der Waals surface area contributed by atoms with Gasteiger partial charge < -0.3 is 10.6 Å². The fraction of sp³-hybridized carbons (Fsp3) is 0.650. The Labute approximate surface area is 178 Å². The lowest BCUT2D eigenvalue weighted by Gasteiger charge is -2.31. The van der Waals surface area contributed by atoms with Crippen LogP contribution in [0.1, 0.15) is 52.0 Å². The van der Waals surface area contributed by atoms with Crippen LogP contribution >= 0.6 is 24.0 Å². The molecule has 1 aromatic carbocycles. The molecule has 0 bridgehead atoms. The number of nitrogens with one attached hydrogen (secondary N) is 2. The van der Waals surface area contributed by atoms with E-state index in [1.165, 1.54) is 5.56 Å². The molecule has 1 aromatic rings. The topological polar surface area (TPSA) is 53.5 Å². The molecule has 1 saturated carbocycles. The van der Waals surface area contributed by atoms with Crippen LogP contribution in [0.25, 0.3) is 0 Å². The van der Waals surface area contributed by atoms with E-state index >= 15 is 0 Å². The van der Waals surface area contributed by atoms with E-state index in [0.29, 0.717) is 11.3 Å². The first kappa shape index (κ1) is 23.4. The van der Waals surface area contributed by atoms with Crippen LogP contribution in [-0.2, 0) is 16.2 Å². The molecule has 0 aliphatic heterocycles. The number of hydrogen-bond acceptors (Lipinski definition) is 2. The maximum atomic E-state index is 12.1. The summed E-state index contributed by atoms with van der Waals surface area (Å²) in [5, 5.41) is 7.35. The molecule has 0 radical (unpaired) electrons. The highest BCUT2D eigenvalue weighted by Crippen LogP contribution is 2.24. The molecule has 0 aromatic heterocycles. The Hall–Kier alpha value is -0.630. The molecule has 1 aliphatic carbocycles. The lowest BCUT2D eigenvalue weighted by Crippen LogP contribution is -2.49. The minimum atomic E-state index is -0.694. The van der Waals surface area contributed by atoms with E-state index in [1.807, 2.05) is 20.0 Å². The summed E-state index contributed by atoms with van der Waals surface area (Å²) in [5.41, 5.74) is 1.34. The first-order valence-electron chi connectivity index (χ1n) is 9.36. The molecule has 0 heterocycles. The molecule has 26 heavy (non-hydrogen) atoms. The molecule has 2 N–H and O–H groups in total. The minimum absolute atomic E-state index is 0. The summed E-state index contributed by atoms with van der Waals surface area (Å²) in [6.45, 7) is 7.31. The van der Waals surface area contributed by atoms with Gasteiger partial charge in [-0.1, -0.05) is 57.5 Å². The Morgan fingerprint density at radius 2 is 1.96 bits per heavy atom. The van der Waals surface area contributed by atoms with Crippen molar-refractivity contribution in [2.24, 2.45) is 4.99 Å². The molecule has 3 unspecified atom stereocenters. The second-order valence-corrected chi connectivity index (χ2v) is 9.48. The van der Waals surface area contributed by atoms with Crippen molar-refractivity contribution in [3.63, 3.8) is 0 Å². The molecule has 148 valence electrons. The SMILES string of the molecule is CCS(=O)C1CCCC(NC(=NC)NCC(C)(C)c2ccccc2)C1.I. The van der Waals surface area contributed by atoms with E-state index in [2.05, 4.69) is 53.7 Å². The highest BCUT2D eigenvalue weighted by molar-refractivity contribution is 14.0. The normalized spacial score (nSPS) is 22.2. The molecular formula is C20H34IN3OS. The molecule has 4 nitrogen and oxygen atoms in total. The van der Waals surface area contributed by atoms with Gasteiger partial charge in [-0.15, -0.1) is 24.0 Å². The summed E-state index contributed by atoms with van der Waals surface area (Å²) in [6.07, 6.45) is 4.33. The van der Waals surface area contributed by atoms with E-state index in [4.69, 9.17) is 0 Å². The standard InChI is InChI=1S/C20H33N3OS.HI/c1-5-25(24)18-13-9-12-17(14-18)23-19(21-4)22-15-20(2,3)16-10-7-6-8-11-16;/h6-8,10-11,17-18H,5,9,12-15H2,1-4H3,(H2,21,22,23);1H. The van der Waals surface area contributed by atoms with Gasteiger partial charge in [-0.05, 0) is 24.8 Å². The van der Waals surface area contributed by atoms with Crippen molar-refractivity contribution in [3.05, 3.63) is 35.9 Å². The monoisotopic (exact) mass is 491 g/mol. The number of guanidine groups is 1. The first-order chi connectivity index (χ1) is 12.0. The van der Waals surface area contributed by atoms with Crippen LogP contribution in [0, 0.1) is 0 Å². The fourth-order valence-corrected chi connectivity index (χ4v) is 4.78.